The van der Waals surface area contributed by atoms with Gasteiger partial charge in [-0.25, -0.2) is 14.5 Å². The molecule has 2 aromatic heterocycles. The zero-order chi connectivity index (χ0) is 34.5. The number of aromatic nitrogens is 6. The lowest BCUT2D eigenvalue weighted by atomic mass is 10.0. The Morgan fingerprint density at radius 2 is 1.90 bits per heavy atom. The first-order chi connectivity index (χ1) is 22.9. The lowest BCUT2D eigenvalue weighted by Gasteiger charge is -2.30. The van der Waals surface area contributed by atoms with E-state index in [4.69, 9.17) is 11.5 Å². The monoisotopic (exact) mass is 655 g/mol. The number of carbonyl (C=O) groups excluding carboxylic acids is 2. The van der Waals surface area contributed by atoms with Gasteiger partial charge in [-0.1, -0.05) is 5.92 Å². The van der Waals surface area contributed by atoms with Crippen LogP contribution in [-0.4, -0.2) is 82.8 Å². The molecule has 0 saturated carbocycles. The van der Waals surface area contributed by atoms with Gasteiger partial charge in [-0.3, -0.25) is 19.2 Å². The topological polar surface area (TPSA) is 225 Å². The van der Waals surface area contributed by atoms with Crippen molar-refractivity contribution in [2.24, 2.45) is 0 Å². The van der Waals surface area contributed by atoms with Gasteiger partial charge in [0, 0.05) is 17.7 Å². The molecule has 0 aliphatic heterocycles. The van der Waals surface area contributed by atoms with E-state index in [2.05, 4.69) is 42.0 Å². The highest BCUT2D eigenvalue weighted by molar-refractivity contribution is 5.97. The number of benzene rings is 2. The summed E-state index contributed by atoms with van der Waals surface area (Å²) in [5, 5.41) is 35.1. The molecule has 2 heterocycles. The summed E-state index contributed by atoms with van der Waals surface area (Å²) in [6.07, 6.45) is 7.21. The van der Waals surface area contributed by atoms with E-state index in [1.54, 1.807) is 31.2 Å². The highest BCUT2D eigenvalue weighted by Crippen LogP contribution is 2.39. The Morgan fingerprint density at radius 1 is 1.15 bits per heavy atom. The summed E-state index contributed by atoms with van der Waals surface area (Å²) in [5.41, 5.74) is 3.49. The molecule has 0 bridgehead atoms. The number of terminal acetylenes is 1. The molecule has 2 amide bonds. The molecule has 2 aromatic carbocycles. The molecule has 0 spiro atoms. The van der Waals surface area contributed by atoms with Crippen LogP contribution < -0.4 is 21.1 Å². The molecule has 5 rings (SSSR count). The Hall–Kier alpha value is -6.11. The fraction of sp³-hybridized carbons (Fsp3) is 0.344. The second kappa shape index (κ2) is 14.1. The molecule has 16 nitrogen and oxygen atoms in total. The maximum Gasteiger partial charge on any atom is 0.326 e. The minimum Gasteiger partial charge on any atom is -0.480 e. The van der Waals surface area contributed by atoms with Crippen LogP contribution in [-0.2, 0) is 33.8 Å². The summed E-state index contributed by atoms with van der Waals surface area (Å²) in [6.45, 7) is 2.95. The van der Waals surface area contributed by atoms with Crippen LogP contribution in [0.4, 0.5) is 5.69 Å². The van der Waals surface area contributed by atoms with E-state index in [9.17, 15) is 29.1 Å². The summed E-state index contributed by atoms with van der Waals surface area (Å²) >= 11 is 0. The number of H-pyrrole nitrogens is 1. The Bertz CT molecular complexity index is 1980. The molecule has 0 fully saturated rings. The number of hydrogen-bond donors (Lipinski definition) is 5. The summed E-state index contributed by atoms with van der Waals surface area (Å²) < 4.78 is 1.13. The van der Waals surface area contributed by atoms with E-state index in [1.807, 2.05) is 17.0 Å². The number of tetrazole rings is 1. The molecule has 48 heavy (non-hydrogen) atoms. The molecular weight excluding hydrogens is 622 g/mol. The zero-order valence-corrected chi connectivity index (χ0v) is 26.1. The number of aromatic amines is 1. The van der Waals surface area contributed by atoms with Crippen molar-refractivity contribution in [1.29, 1.82) is 0 Å². The van der Waals surface area contributed by atoms with Crippen LogP contribution >= 0.6 is 0 Å². The van der Waals surface area contributed by atoms with Crippen LogP contribution in [0, 0.1) is 19.3 Å². The van der Waals surface area contributed by atoms with Gasteiger partial charge in [0.05, 0.1) is 23.5 Å². The van der Waals surface area contributed by atoms with E-state index in [1.165, 1.54) is 6.92 Å². The number of carboxylic acid groups (broad SMARTS) is 2. The Labute approximate surface area is 273 Å². The second-order valence-corrected chi connectivity index (χ2v) is 11.4. The number of nitrogens with zero attached hydrogens (tertiary/aromatic N) is 6. The van der Waals surface area contributed by atoms with Crippen molar-refractivity contribution in [2.75, 3.05) is 11.4 Å². The van der Waals surface area contributed by atoms with Gasteiger partial charge in [0.1, 0.15) is 24.5 Å². The number of amides is 2. The van der Waals surface area contributed by atoms with Crippen molar-refractivity contribution in [1.82, 2.24) is 40.8 Å². The van der Waals surface area contributed by atoms with Gasteiger partial charge >= 0.3 is 11.9 Å². The normalized spacial score (nSPS) is 14.8. The number of nitrogens with one attached hydrogen (secondary N) is 3. The molecule has 4 aromatic rings. The third-order valence-corrected chi connectivity index (χ3v) is 8.14. The highest BCUT2D eigenvalue weighted by atomic mass is 16.4. The SMILES string of the molecule is C#CCN(c1ccc(C(=O)N[C@@H](CCc2nnnn2CC(=O)N[C@H](C)C(=O)O)C(=O)O)cc1)[C@@H]1CCc2cc3nc(C)[nH]c(=O)c3cc21. The average molecular weight is 656 g/mol. The molecule has 248 valence electrons. The quantitative estimate of drug-likeness (QED) is 0.126. The van der Waals surface area contributed by atoms with Crippen molar-refractivity contribution >= 4 is 40.3 Å². The first-order valence-corrected chi connectivity index (χ1v) is 15.1. The van der Waals surface area contributed by atoms with Crippen molar-refractivity contribution in [2.45, 2.75) is 64.2 Å². The van der Waals surface area contributed by atoms with Crippen molar-refractivity contribution < 1.29 is 29.4 Å². The third-order valence-electron chi connectivity index (χ3n) is 8.14. The zero-order valence-electron chi connectivity index (χ0n) is 26.1. The average Bonchev–Trinajstić information content (AvgIpc) is 3.66. The fourth-order valence-corrected chi connectivity index (χ4v) is 5.73. The number of aryl methyl sites for hydroxylation is 3. The Balaban J connectivity index is 1.25. The van der Waals surface area contributed by atoms with Crippen LogP contribution in [0.25, 0.3) is 10.9 Å². The third kappa shape index (κ3) is 7.30. The molecule has 1 aliphatic rings. The summed E-state index contributed by atoms with van der Waals surface area (Å²) in [5.74, 6) is -0.307. The molecular formula is C32H33N9O7. The first-order valence-electron chi connectivity index (χ1n) is 15.1. The minimum atomic E-state index is -1.30. The summed E-state index contributed by atoms with van der Waals surface area (Å²) in [7, 11) is 0. The van der Waals surface area contributed by atoms with Crippen molar-refractivity contribution in [3.05, 3.63) is 75.1 Å². The maximum atomic E-state index is 13.1. The largest absolute Gasteiger partial charge is 0.480 e. The van der Waals surface area contributed by atoms with Gasteiger partial charge in [-0.2, -0.15) is 0 Å². The number of hydrogen-bond acceptors (Lipinski definition) is 10. The van der Waals surface area contributed by atoms with E-state index >= 15 is 0 Å². The van der Waals surface area contributed by atoms with Gasteiger partial charge in [0.2, 0.25) is 5.91 Å². The van der Waals surface area contributed by atoms with Crippen molar-refractivity contribution in [3.8, 4) is 12.3 Å². The lowest BCUT2D eigenvalue weighted by Crippen LogP contribution is -2.41. The molecule has 0 radical (unpaired) electrons. The van der Waals surface area contributed by atoms with Crippen LogP contribution in [0.2, 0.25) is 0 Å². The number of fused-ring (bicyclic) bond motifs is 2. The first kappa shape index (κ1) is 33.3. The second-order valence-electron chi connectivity index (χ2n) is 11.4. The van der Waals surface area contributed by atoms with Gasteiger partial charge in [-0.15, -0.1) is 11.5 Å². The van der Waals surface area contributed by atoms with Gasteiger partial charge in [0.25, 0.3) is 11.5 Å². The minimum absolute atomic E-state index is 0.00564. The highest BCUT2D eigenvalue weighted by Gasteiger charge is 2.30. The van der Waals surface area contributed by atoms with Crippen LogP contribution in [0.5, 0.6) is 0 Å². The number of carbonyl (C=O) groups is 4. The molecule has 3 atom stereocenters. The number of aliphatic carboxylic acids is 2. The molecule has 1 aliphatic carbocycles. The molecule has 5 N–H and O–H groups in total. The predicted octanol–water partition coefficient (Wildman–Crippen LogP) is 0.750. The molecule has 0 saturated heterocycles. The number of anilines is 1. The molecule has 16 heteroatoms. The van der Waals surface area contributed by atoms with Gasteiger partial charge in [-0.05, 0) is 91.1 Å². The smallest absolute Gasteiger partial charge is 0.326 e. The van der Waals surface area contributed by atoms with E-state index in [0.717, 1.165) is 34.3 Å². The van der Waals surface area contributed by atoms with Gasteiger partial charge < -0.3 is 30.7 Å². The van der Waals surface area contributed by atoms with E-state index in [-0.39, 0.29) is 48.9 Å². The number of carboxylic acids is 2. The maximum absolute atomic E-state index is 13.1. The summed E-state index contributed by atoms with van der Waals surface area (Å²) in [4.78, 5) is 70.1. The standard InChI is InChI=1S/C32H33N9O7/c1-4-13-40(26-11-7-20-14-25-23(15-22(20)26)30(44)35-18(3)34-25)21-8-5-19(6-9-21)29(43)36-24(32(47)48)10-12-27-37-38-39-41(27)16-28(42)33-17(2)31(45)46/h1,5-6,8-9,14-15,17,24,26H,7,10-13,16H2,2-3H3,(H,33,42)(H,36,43)(H,45,46)(H,47,48)(H,34,35,44)/t17-,24+,26-/m1/s1. The van der Waals surface area contributed by atoms with Crippen LogP contribution in [0.3, 0.4) is 0 Å². The predicted molar refractivity (Wildman–Crippen MR) is 171 cm³/mol. The van der Waals surface area contributed by atoms with Crippen LogP contribution in [0.15, 0.2) is 41.2 Å². The van der Waals surface area contributed by atoms with Crippen molar-refractivity contribution in [3.63, 3.8) is 0 Å². The van der Waals surface area contributed by atoms with E-state index < -0.39 is 35.8 Å². The van der Waals surface area contributed by atoms with E-state index in [0.29, 0.717) is 16.7 Å². The Kier molecular flexibility index (Phi) is 9.78. The fourth-order valence-electron chi connectivity index (χ4n) is 5.73. The van der Waals surface area contributed by atoms with Gasteiger partial charge in [0.15, 0.2) is 5.82 Å². The summed E-state index contributed by atoms with van der Waals surface area (Å²) in [6, 6.07) is 7.94. The van der Waals surface area contributed by atoms with Crippen LogP contribution in [0.1, 0.15) is 58.9 Å². The lowest BCUT2D eigenvalue weighted by molar-refractivity contribution is -0.141. The number of rotatable bonds is 13. The molecule has 0 unspecified atom stereocenters. The Morgan fingerprint density at radius 3 is 2.58 bits per heavy atom.